The van der Waals surface area contributed by atoms with Crippen molar-refractivity contribution in [1.29, 1.82) is 0 Å². The number of carbonyl (C=O) groups is 2. The van der Waals surface area contributed by atoms with Gasteiger partial charge < -0.3 is 9.84 Å². The number of aromatic nitrogens is 1. The molecule has 0 saturated carbocycles. The predicted octanol–water partition coefficient (Wildman–Crippen LogP) is 2.69. The standard InChI is InChI=1S/C13H18N2O4/c1-5-9-8(11(16)17)6-7-10(14-9)15-12(18)19-13(2,3)4/h6-7H,5H2,1-4H3,(H,16,17)(H,14,15,18). The number of carbonyl (C=O) groups excluding carboxylic acids is 1. The molecule has 1 amide bonds. The molecule has 1 heterocycles. The van der Waals surface area contributed by atoms with E-state index in [1.54, 1.807) is 27.7 Å². The first-order chi connectivity index (χ1) is 8.73. The van der Waals surface area contributed by atoms with E-state index >= 15 is 0 Å². The van der Waals surface area contributed by atoms with E-state index < -0.39 is 17.7 Å². The van der Waals surface area contributed by atoms with Crippen LogP contribution in [0.4, 0.5) is 10.6 Å². The summed E-state index contributed by atoms with van der Waals surface area (Å²) in [5, 5.41) is 11.4. The van der Waals surface area contributed by atoms with Crippen molar-refractivity contribution < 1.29 is 19.4 Å². The first-order valence-electron chi connectivity index (χ1n) is 5.96. The Bertz CT molecular complexity index is 492. The molecule has 0 saturated heterocycles. The molecule has 6 nitrogen and oxygen atoms in total. The Hall–Kier alpha value is -2.11. The molecule has 104 valence electrons. The molecule has 0 fully saturated rings. The van der Waals surface area contributed by atoms with Gasteiger partial charge in [0.25, 0.3) is 0 Å². The molecule has 0 aliphatic rings. The first kappa shape index (κ1) is 14.9. The number of ether oxygens (including phenoxy) is 1. The van der Waals surface area contributed by atoms with Crippen molar-refractivity contribution in [2.45, 2.75) is 39.7 Å². The van der Waals surface area contributed by atoms with Crippen molar-refractivity contribution in [2.75, 3.05) is 5.32 Å². The van der Waals surface area contributed by atoms with E-state index in [9.17, 15) is 9.59 Å². The van der Waals surface area contributed by atoms with Gasteiger partial charge in [-0.1, -0.05) is 6.92 Å². The summed E-state index contributed by atoms with van der Waals surface area (Å²) >= 11 is 0. The molecule has 0 spiro atoms. The van der Waals surface area contributed by atoms with E-state index in [4.69, 9.17) is 9.84 Å². The molecule has 2 N–H and O–H groups in total. The van der Waals surface area contributed by atoms with E-state index in [0.29, 0.717) is 12.1 Å². The highest BCUT2D eigenvalue weighted by molar-refractivity contribution is 5.90. The van der Waals surface area contributed by atoms with Crippen LogP contribution in [0.5, 0.6) is 0 Å². The maximum atomic E-state index is 11.6. The zero-order chi connectivity index (χ0) is 14.6. The van der Waals surface area contributed by atoms with Gasteiger partial charge in [0.1, 0.15) is 11.4 Å². The van der Waals surface area contributed by atoms with Crippen LogP contribution in [0.1, 0.15) is 43.7 Å². The Morgan fingerprint density at radius 1 is 1.37 bits per heavy atom. The predicted molar refractivity (Wildman–Crippen MR) is 70.4 cm³/mol. The van der Waals surface area contributed by atoms with Gasteiger partial charge in [-0.3, -0.25) is 5.32 Å². The number of hydrogen-bond donors (Lipinski definition) is 2. The second kappa shape index (κ2) is 5.69. The van der Waals surface area contributed by atoms with Gasteiger partial charge in [0, 0.05) is 0 Å². The minimum Gasteiger partial charge on any atom is -0.478 e. The van der Waals surface area contributed by atoms with Crippen LogP contribution >= 0.6 is 0 Å². The fourth-order valence-electron chi connectivity index (χ4n) is 1.44. The van der Waals surface area contributed by atoms with E-state index in [1.807, 2.05) is 0 Å². The number of hydrogen-bond acceptors (Lipinski definition) is 4. The van der Waals surface area contributed by atoms with Crippen LogP contribution in [0.3, 0.4) is 0 Å². The summed E-state index contributed by atoms with van der Waals surface area (Å²) < 4.78 is 5.09. The summed E-state index contributed by atoms with van der Waals surface area (Å²) in [4.78, 5) is 26.6. The number of pyridine rings is 1. The van der Waals surface area contributed by atoms with Crippen LogP contribution < -0.4 is 5.32 Å². The maximum absolute atomic E-state index is 11.6. The van der Waals surface area contributed by atoms with Crippen LogP contribution in [0, 0.1) is 0 Å². The number of rotatable bonds is 3. The Labute approximate surface area is 111 Å². The van der Waals surface area contributed by atoms with E-state index in [0.717, 1.165) is 0 Å². The van der Waals surface area contributed by atoms with Crippen molar-refractivity contribution in [1.82, 2.24) is 4.98 Å². The number of nitrogens with zero attached hydrogens (tertiary/aromatic N) is 1. The van der Waals surface area contributed by atoms with Crippen molar-refractivity contribution in [3.63, 3.8) is 0 Å². The summed E-state index contributed by atoms with van der Waals surface area (Å²) in [6.45, 7) is 7.06. The topological polar surface area (TPSA) is 88.5 Å². The molecule has 19 heavy (non-hydrogen) atoms. The lowest BCUT2D eigenvalue weighted by Gasteiger charge is -2.19. The summed E-state index contributed by atoms with van der Waals surface area (Å²) in [6.07, 6.45) is -0.156. The largest absolute Gasteiger partial charge is 0.478 e. The Morgan fingerprint density at radius 3 is 2.47 bits per heavy atom. The molecule has 0 aliphatic carbocycles. The molecule has 0 bridgehead atoms. The van der Waals surface area contributed by atoms with E-state index in [2.05, 4.69) is 10.3 Å². The number of carboxylic acid groups (broad SMARTS) is 1. The summed E-state index contributed by atoms with van der Waals surface area (Å²) in [5.74, 6) is -0.760. The van der Waals surface area contributed by atoms with Gasteiger partial charge in [0.15, 0.2) is 0 Å². The zero-order valence-electron chi connectivity index (χ0n) is 11.5. The number of amides is 1. The minimum atomic E-state index is -1.03. The molecule has 0 aromatic carbocycles. The fourth-order valence-corrected chi connectivity index (χ4v) is 1.44. The lowest BCUT2D eigenvalue weighted by atomic mass is 10.1. The fraction of sp³-hybridized carbons (Fsp3) is 0.462. The van der Waals surface area contributed by atoms with Crippen LogP contribution in [0.15, 0.2) is 12.1 Å². The molecule has 0 atom stereocenters. The molecular weight excluding hydrogens is 248 g/mol. The summed E-state index contributed by atoms with van der Waals surface area (Å²) in [5.41, 5.74) is -0.0446. The number of carboxylic acids is 1. The molecule has 1 aromatic heterocycles. The van der Waals surface area contributed by atoms with Crippen LogP contribution in [0.2, 0.25) is 0 Å². The average molecular weight is 266 g/mol. The second-order valence-electron chi connectivity index (χ2n) is 4.98. The molecule has 0 aliphatic heterocycles. The normalized spacial score (nSPS) is 10.9. The second-order valence-corrected chi connectivity index (χ2v) is 4.98. The van der Waals surface area contributed by atoms with Crippen molar-refractivity contribution in [3.8, 4) is 0 Å². The summed E-state index contributed by atoms with van der Waals surface area (Å²) in [6, 6.07) is 2.85. The van der Waals surface area contributed by atoms with Gasteiger partial charge in [-0.25, -0.2) is 14.6 Å². The first-order valence-corrected chi connectivity index (χ1v) is 5.96. The minimum absolute atomic E-state index is 0.136. The van der Waals surface area contributed by atoms with Gasteiger partial charge in [-0.2, -0.15) is 0 Å². The molecule has 6 heteroatoms. The Balaban J connectivity index is 2.86. The van der Waals surface area contributed by atoms with Gasteiger partial charge in [0.2, 0.25) is 0 Å². The quantitative estimate of drug-likeness (QED) is 0.878. The highest BCUT2D eigenvalue weighted by Gasteiger charge is 2.17. The number of aryl methyl sites for hydroxylation is 1. The van der Waals surface area contributed by atoms with Gasteiger partial charge in [0.05, 0.1) is 11.3 Å². The smallest absolute Gasteiger partial charge is 0.413 e. The third kappa shape index (κ3) is 4.57. The Kier molecular flexibility index (Phi) is 4.47. The van der Waals surface area contributed by atoms with Gasteiger partial charge >= 0.3 is 12.1 Å². The van der Waals surface area contributed by atoms with E-state index in [-0.39, 0.29) is 11.4 Å². The number of aromatic carboxylic acids is 1. The van der Waals surface area contributed by atoms with Crippen molar-refractivity contribution in [2.24, 2.45) is 0 Å². The molecule has 1 rings (SSSR count). The molecular formula is C13H18N2O4. The number of nitrogens with one attached hydrogen (secondary N) is 1. The van der Waals surface area contributed by atoms with Crippen molar-refractivity contribution in [3.05, 3.63) is 23.4 Å². The van der Waals surface area contributed by atoms with Gasteiger partial charge in [-0.15, -0.1) is 0 Å². The highest BCUT2D eigenvalue weighted by atomic mass is 16.6. The van der Waals surface area contributed by atoms with E-state index in [1.165, 1.54) is 12.1 Å². The number of anilines is 1. The monoisotopic (exact) mass is 266 g/mol. The zero-order valence-corrected chi connectivity index (χ0v) is 11.5. The third-order valence-electron chi connectivity index (χ3n) is 2.17. The van der Waals surface area contributed by atoms with Crippen molar-refractivity contribution >= 4 is 17.9 Å². The summed E-state index contributed by atoms with van der Waals surface area (Å²) in [7, 11) is 0. The highest BCUT2D eigenvalue weighted by Crippen LogP contribution is 2.14. The van der Waals surface area contributed by atoms with Crippen LogP contribution in [-0.4, -0.2) is 27.8 Å². The van der Waals surface area contributed by atoms with Gasteiger partial charge in [-0.05, 0) is 39.3 Å². The average Bonchev–Trinajstić information content (AvgIpc) is 2.25. The Morgan fingerprint density at radius 2 is 2.00 bits per heavy atom. The lowest BCUT2D eigenvalue weighted by molar-refractivity contribution is 0.0634. The molecule has 0 unspecified atom stereocenters. The van der Waals surface area contributed by atoms with Crippen LogP contribution in [0.25, 0.3) is 0 Å². The lowest BCUT2D eigenvalue weighted by Crippen LogP contribution is -2.27. The SMILES string of the molecule is CCc1nc(NC(=O)OC(C)(C)C)ccc1C(=O)O. The maximum Gasteiger partial charge on any atom is 0.413 e. The molecule has 1 aromatic rings. The third-order valence-corrected chi connectivity index (χ3v) is 2.17. The van der Waals surface area contributed by atoms with Crippen LogP contribution in [-0.2, 0) is 11.2 Å². The molecule has 0 radical (unpaired) electrons.